The Morgan fingerprint density at radius 3 is 2.85 bits per heavy atom. The van der Waals surface area contributed by atoms with Crippen molar-refractivity contribution in [2.24, 2.45) is 0 Å². The summed E-state index contributed by atoms with van der Waals surface area (Å²) in [4.78, 5) is 0. The third-order valence-electron chi connectivity index (χ3n) is 3.44. The molecule has 0 saturated heterocycles. The van der Waals surface area contributed by atoms with Crippen molar-refractivity contribution in [1.29, 1.82) is 0 Å². The number of aliphatic hydroxyl groups is 1. The molecule has 1 fully saturated rings. The highest BCUT2D eigenvalue weighted by molar-refractivity contribution is 5.46. The molecule has 0 aromatic heterocycles. The molecule has 0 amide bonds. The predicted octanol–water partition coefficient (Wildman–Crippen LogP) is 1.73. The number of aliphatic hydroxyl groups excluding tert-OH is 1. The summed E-state index contributed by atoms with van der Waals surface area (Å²) >= 11 is 0. The second kappa shape index (κ2) is 2.26. The molecule has 13 heavy (non-hydrogen) atoms. The van der Waals surface area contributed by atoms with Crippen molar-refractivity contribution in [3.05, 3.63) is 29.3 Å². The highest BCUT2D eigenvalue weighted by Gasteiger charge is 2.42. The van der Waals surface area contributed by atoms with Crippen LogP contribution in [-0.2, 0) is 0 Å². The Balaban J connectivity index is 2.16. The minimum atomic E-state index is -0.151. The minimum absolute atomic E-state index is 0.151. The van der Waals surface area contributed by atoms with E-state index in [1.54, 1.807) is 6.07 Å². The fourth-order valence-electron chi connectivity index (χ4n) is 2.86. The molecule has 2 N–H and O–H groups in total. The number of phenols is 1. The lowest BCUT2D eigenvalue weighted by molar-refractivity contribution is 0.158. The van der Waals surface area contributed by atoms with Crippen LogP contribution in [0.1, 0.15) is 35.8 Å². The van der Waals surface area contributed by atoms with E-state index in [4.69, 9.17) is 0 Å². The summed E-state index contributed by atoms with van der Waals surface area (Å²) in [7, 11) is 0. The van der Waals surface area contributed by atoms with Gasteiger partial charge < -0.3 is 10.2 Å². The highest BCUT2D eigenvalue weighted by Crippen LogP contribution is 2.53. The van der Waals surface area contributed by atoms with Crippen LogP contribution >= 0.6 is 0 Å². The van der Waals surface area contributed by atoms with Crippen LogP contribution in [-0.4, -0.2) is 16.3 Å². The molecule has 2 heteroatoms. The van der Waals surface area contributed by atoms with Crippen LogP contribution in [0.2, 0.25) is 0 Å². The van der Waals surface area contributed by atoms with E-state index in [1.165, 1.54) is 11.1 Å². The highest BCUT2D eigenvalue weighted by atomic mass is 16.3. The Bertz CT molecular complexity index is 359. The lowest BCUT2D eigenvalue weighted by Gasteiger charge is -2.19. The maximum Gasteiger partial charge on any atom is 0.115 e. The zero-order valence-electron chi connectivity index (χ0n) is 7.27. The van der Waals surface area contributed by atoms with E-state index in [0.29, 0.717) is 17.6 Å². The molecule has 0 spiro atoms. The smallest absolute Gasteiger partial charge is 0.115 e. The fourth-order valence-corrected chi connectivity index (χ4v) is 2.86. The van der Waals surface area contributed by atoms with Crippen LogP contribution < -0.4 is 0 Å². The molecule has 2 aliphatic carbocycles. The van der Waals surface area contributed by atoms with Crippen molar-refractivity contribution in [1.82, 2.24) is 0 Å². The first-order valence-electron chi connectivity index (χ1n) is 4.76. The Kier molecular flexibility index (Phi) is 1.29. The van der Waals surface area contributed by atoms with Gasteiger partial charge in [-0.25, -0.2) is 0 Å². The van der Waals surface area contributed by atoms with E-state index >= 15 is 0 Å². The van der Waals surface area contributed by atoms with E-state index in [9.17, 15) is 10.2 Å². The standard InChI is InChI=1S/C11H12O2/c12-7-1-2-8-9(5-7)6-3-10(8)11(13)4-6/h1-2,5-6,10-13H,3-4H2. The van der Waals surface area contributed by atoms with Gasteiger partial charge in [0.15, 0.2) is 0 Å². The monoisotopic (exact) mass is 176 g/mol. The van der Waals surface area contributed by atoms with Gasteiger partial charge in [0.05, 0.1) is 6.10 Å². The van der Waals surface area contributed by atoms with Gasteiger partial charge in [-0.05, 0) is 42.0 Å². The summed E-state index contributed by atoms with van der Waals surface area (Å²) in [5, 5.41) is 19.0. The van der Waals surface area contributed by atoms with Crippen molar-refractivity contribution in [2.45, 2.75) is 30.8 Å². The molecule has 2 nitrogen and oxygen atoms in total. The third kappa shape index (κ3) is 0.866. The number of phenolic OH excluding ortho intramolecular Hbond substituents is 1. The molecule has 2 aliphatic rings. The van der Waals surface area contributed by atoms with Crippen molar-refractivity contribution in [3.63, 3.8) is 0 Å². The molecule has 68 valence electrons. The Labute approximate surface area is 76.8 Å². The van der Waals surface area contributed by atoms with E-state index in [2.05, 4.69) is 0 Å². The molecule has 3 rings (SSSR count). The Morgan fingerprint density at radius 1 is 1.15 bits per heavy atom. The van der Waals surface area contributed by atoms with Gasteiger partial charge in [-0.2, -0.15) is 0 Å². The molecular weight excluding hydrogens is 164 g/mol. The van der Waals surface area contributed by atoms with Crippen LogP contribution in [0, 0.1) is 0 Å². The third-order valence-corrected chi connectivity index (χ3v) is 3.44. The zero-order chi connectivity index (χ0) is 9.00. The predicted molar refractivity (Wildman–Crippen MR) is 48.8 cm³/mol. The fraction of sp³-hybridized carbons (Fsp3) is 0.455. The maximum absolute atomic E-state index is 9.67. The van der Waals surface area contributed by atoms with Crippen molar-refractivity contribution in [2.75, 3.05) is 0 Å². The number of hydrogen-bond donors (Lipinski definition) is 2. The van der Waals surface area contributed by atoms with Crippen LogP contribution in [0.4, 0.5) is 0 Å². The lowest BCUT2D eigenvalue weighted by atomic mass is 9.90. The quantitative estimate of drug-likeness (QED) is 0.632. The first kappa shape index (κ1) is 7.39. The molecule has 0 heterocycles. The molecular formula is C11H12O2. The number of hydrogen-bond acceptors (Lipinski definition) is 2. The van der Waals surface area contributed by atoms with Gasteiger partial charge >= 0.3 is 0 Å². The molecule has 3 unspecified atom stereocenters. The average molecular weight is 176 g/mol. The van der Waals surface area contributed by atoms with Crippen molar-refractivity contribution >= 4 is 0 Å². The van der Waals surface area contributed by atoms with Gasteiger partial charge in [0.1, 0.15) is 5.75 Å². The summed E-state index contributed by atoms with van der Waals surface area (Å²) in [6.07, 6.45) is 1.79. The van der Waals surface area contributed by atoms with Gasteiger partial charge in [-0.1, -0.05) is 6.07 Å². The minimum Gasteiger partial charge on any atom is -0.508 e. The zero-order valence-corrected chi connectivity index (χ0v) is 7.27. The molecule has 3 atom stereocenters. The average Bonchev–Trinajstić information content (AvgIpc) is 2.61. The van der Waals surface area contributed by atoms with Crippen molar-refractivity contribution < 1.29 is 10.2 Å². The summed E-state index contributed by atoms with van der Waals surface area (Å²) in [5.41, 5.74) is 2.51. The largest absolute Gasteiger partial charge is 0.508 e. The van der Waals surface area contributed by atoms with E-state index in [0.717, 1.165) is 12.8 Å². The van der Waals surface area contributed by atoms with Crippen LogP contribution in [0.3, 0.4) is 0 Å². The van der Waals surface area contributed by atoms with E-state index in [-0.39, 0.29) is 6.10 Å². The number of fused-ring (bicyclic) bond motifs is 5. The van der Waals surface area contributed by atoms with Gasteiger partial charge in [0.25, 0.3) is 0 Å². The Hall–Kier alpha value is -1.02. The van der Waals surface area contributed by atoms with Crippen LogP contribution in [0.5, 0.6) is 5.75 Å². The number of aromatic hydroxyl groups is 1. The van der Waals surface area contributed by atoms with Crippen LogP contribution in [0.15, 0.2) is 18.2 Å². The first-order chi connectivity index (χ1) is 6.25. The van der Waals surface area contributed by atoms with Crippen molar-refractivity contribution in [3.8, 4) is 5.75 Å². The van der Waals surface area contributed by atoms with Crippen LogP contribution in [0.25, 0.3) is 0 Å². The van der Waals surface area contributed by atoms with E-state index < -0.39 is 0 Å². The summed E-state index contributed by atoms with van der Waals surface area (Å²) in [5.74, 6) is 1.17. The molecule has 0 aliphatic heterocycles. The van der Waals surface area contributed by atoms with Gasteiger partial charge in [0.2, 0.25) is 0 Å². The molecule has 0 radical (unpaired) electrons. The molecule has 1 saturated carbocycles. The number of benzene rings is 1. The molecule has 1 aromatic carbocycles. The Morgan fingerprint density at radius 2 is 2.00 bits per heavy atom. The maximum atomic E-state index is 9.67. The van der Waals surface area contributed by atoms with Gasteiger partial charge in [-0.3, -0.25) is 0 Å². The summed E-state index contributed by atoms with van der Waals surface area (Å²) < 4.78 is 0. The van der Waals surface area contributed by atoms with Gasteiger partial charge in [0, 0.05) is 5.92 Å². The van der Waals surface area contributed by atoms with E-state index in [1.807, 2.05) is 12.1 Å². The molecule has 2 bridgehead atoms. The lowest BCUT2D eigenvalue weighted by Crippen LogP contribution is -2.14. The first-order valence-corrected chi connectivity index (χ1v) is 4.76. The summed E-state index contributed by atoms with van der Waals surface area (Å²) in [6, 6.07) is 5.52. The summed E-state index contributed by atoms with van der Waals surface area (Å²) in [6.45, 7) is 0. The second-order valence-electron chi connectivity index (χ2n) is 4.16. The normalized spacial score (nSPS) is 35.0. The second-order valence-corrected chi connectivity index (χ2v) is 4.16. The van der Waals surface area contributed by atoms with Gasteiger partial charge in [-0.15, -0.1) is 0 Å². The number of rotatable bonds is 0. The topological polar surface area (TPSA) is 40.5 Å². The SMILES string of the molecule is Oc1ccc2c(c1)C1CC(O)C2C1. The molecule has 1 aromatic rings.